The molecular weight excluding hydrogens is 252 g/mol. The average Bonchev–Trinajstić information content (AvgIpc) is 2.97. The number of hydrogen-bond donors (Lipinski definition) is 1. The number of benzene rings is 1. The molecule has 1 atom stereocenters. The Morgan fingerprint density at radius 1 is 1.10 bits per heavy atom. The summed E-state index contributed by atoms with van der Waals surface area (Å²) in [5.41, 5.74) is 8.01. The normalized spacial score (nSPS) is 12.2. The Hall–Kier alpha value is -2.53. The molecule has 5 nitrogen and oxygen atoms in total. The number of pyridine rings is 1. The van der Waals surface area contributed by atoms with Gasteiger partial charge in [-0.1, -0.05) is 35.5 Å². The SMILES string of the molecule is NC(Cc1nc(-c2cccnc2)no1)c1ccccc1. The van der Waals surface area contributed by atoms with Crippen molar-refractivity contribution in [2.75, 3.05) is 0 Å². The average molecular weight is 266 g/mol. The van der Waals surface area contributed by atoms with Crippen LogP contribution in [0.2, 0.25) is 0 Å². The fourth-order valence-electron chi connectivity index (χ4n) is 1.96. The van der Waals surface area contributed by atoms with Crippen molar-refractivity contribution in [3.63, 3.8) is 0 Å². The number of rotatable bonds is 4. The molecule has 0 spiro atoms. The molecular formula is C15H14N4O. The summed E-state index contributed by atoms with van der Waals surface area (Å²) in [5, 5.41) is 3.95. The Morgan fingerprint density at radius 2 is 1.95 bits per heavy atom. The van der Waals surface area contributed by atoms with Gasteiger partial charge in [-0.15, -0.1) is 0 Å². The zero-order chi connectivity index (χ0) is 13.8. The van der Waals surface area contributed by atoms with Gasteiger partial charge in [0.1, 0.15) is 0 Å². The van der Waals surface area contributed by atoms with E-state index in [2.05, 4.69) is 15.1 Å². The summed E-state index contributed by atoms with van der Waals surface area (Å²) < 4.78 is 5.24. The van der Waals surface area contributed by atoms with E-state index < -0.39 is 0 Å². The van der Waals surface area contributed by atoms with E-state index in [0.29, 0.717) is 18.1 Å². The lowest BCUT2D eigenvalue weighted by molar-refractivity contribution is 0.370. The van der Waals surface area contributed by atoms with Crippen LogP contribution in [0.25, 0.3) is 11.4 Å². The predicted molar refractivity (Wildman–Crippen MR) is 74.6 cm³/mol. The van der Waals surface area contributed by atoms with E-state index in [4.69, 9.17) is 10.3 Å². The monoisotopic (exact) mass is 266 g/mol. The van der Waals surface area contributed by atoms with Crippen molar-refractivity contribution in [3.8, 4) is 11.4 Å². The number of nitrogens with two attached hydrogens (primary N) is 1. The summed E-state index contributed by atoms with van der Waals surface area (Å²) in [6.45, 7) is 0. The molecule has 1 aromatic carbocycles. The molecule has 20 heavy (non-hydrogen) atoms. The second kappa shape index (κ2) is 5.63. The second-order valence-electron chi connectivity index (χ2n) is 4.47. The third kappa shape index (κ3) is 2.73. The first-order valence-corrected chi connectivity index (χ1v) is 6.36. The summed E-state index contributed by atoms with van der Waals surface area (Å²) in [5.74, 6) is 1.06. The molecule has 0 radical (unpaired) electrons. The molecule has 1 unspecified atom stereocenters. The highest BCUT2D eigenvalue weighted by atomic mass is 16.5. The summed E-state index contributed by atoms with van der Waals surface area (Å²) in [4.78, 5) is 8.38. The van der Waals surface area contributed by atoms with E-state index >= 15 is 0 Å². The molecule has 100 valence electrons. The number of nitrogens with zero attached hydrogens (tertiary/aromatic N) is 3. The Balaban J connectivity index is 1.75. The van der Waals surface area contributed by atoms with E-state index in [1.54, 1.807) is 12.4 Å². The smallest absolute Gasteiger partial charge is 0.228 e. The first-order valence-electron chi connectivity index (χ1n) is 6.36. The van der Waals surface area contributed by atoms with Gasteiger partial charge in [-0.2, -0.15) is 4.98 Å². The summed E-state index contributed by atoms with van der Waals surface area (Å²) in [6, 6.07) is 13.4. The highest BCUT2D eigenvalue weighted by Crippen LogP contribution is 2.18. The zero-order valence-corrected chi connectivity index (χ0v) is 10.8. The predicted octanol–water partition coefficient (Wildman–Crippen LogP) is 2.37. The Labute approximate surface area is 116 Å². The van der Waals surface area contributed by atoms with Crippen LogP contribution < -0.4 is 5.73 Å². The van der Waals surface area contributed by atoms with Gasteiger partial charge in [0.2, 0.25) is 11.7 Å². The van der Waals surface area contributed by atoms with Crippen molar-refractivity contribution in [1.29, 1.82) is 0 Å². The minimum atomic E-state index is -0.154. The van der Waals surface area contributed by atoms with E-state index in [0.717, 1.165) is 11.1 Å². The van der Waals surface area contributed by atoms with Crippen molar-refractivity contribution in [1.82, 2.24) is 15.1 Å². The molecule has 0 aliphatic carbocycles. The first-order chi connectivity index (χ1) is 9.83. The Morgan fingerprint density at radius 3 is 2.70 bits per heavy atom. The zero-order valence-electron chi connectivity index (χ0n) is 10.8. The first kappa shape index (κ1) is 12.5. The Bertz CT molecular complexity index is 667. The highest BCUT2D eigenvalue weighted by Gasteiger charge is 2.13. The van der Waals surface area contributed by atoms with Crippen molar-refractivity contribution < 1.29 is 4.52 Å². The largest absolute Gasteiger partial charge is 0.339 e. The molecule has 3 aromatic rings. The van der Waals surface area contributed by atoms with Gasteiger partial charge in [-0.25, -0.2) is 0 Å². The van der Waals surface area contributed by atoms with E-state index in [9.17, 15) is 0 Å². The van der Waals surface area contributed by atoms with Gasteiger partial charge in [0.25, 0.3) is 0 Å². The van der Waals surface area contributed by atoms with Crippen LogP contribution in [0.4, 0.5) is 0 Å². The molecule has 3 rings (SSSR count). The van der Waals surface area contributed by atoms with Crippen LogP contribution in [0.1, 0.15) is 17.5 Å². The van der Waals surface area contributed by atoms with E-state index in [1.165, 1.54) is 0 Å². The molecule has 2 heterocycles. The second-order valence-corrected chi connectivity index (χ2v) is 4.47. The van der Waals surface area contributed by atoms with Crippen LogP contribution in [0, 0.1) is 0 Å². The van der Waals surface area contributed by atoms with Crippen LogP contribution in [-0.4, -0.2) is 15.1 Å². The van der Waals surface area contributed by atoms with Crippen LogP contribution in [0.5, 0.6) is 0 Å². The minimum absolute atomic E-state index is 0.154. The molecule has 0 aliphatic rings. The maximum absolute atomic E-state index is 6.13. The van der Waals surface area contributed by atoms with Gasteiger partial charge >= 0.3 is 0 Å². The highest BCUT2D eigenvalue weighted by molar-refractivity contribution is 5.51. The quantitative estimate of drug-likeness (QED) is 0.784. The fourth-order valence-corrected chi connectivity index (χ4v) is 1.96. The third-order valence-electron chi connectivity index (χ3n) is 3.01. The maximum atomic E-state index is 6.13. The van der Waals surface area contributed by atoms with Crippen molar-refractivity contribution in [2.45, 2.75) is 12.5 Å². The summed E-state index contributed by atoms with van der Waals surface area (Å²) in [6.07, 6.45) is 3.92. The molecule has 0 saturated heterocycles. The van der Waals surface area contributed by atoms with Crippen LogP contribution in [0.15, 0.2) is 59.4 Å². The van der Waals surface area contributed by atoms with Gasteiger partial charge in [-0.05, 0) is 17.7 Å². The van der Waals surface area contributed by atoms with Crippen LogP contribution >= 0.6 is 0 Å². The topological polar surface area (TPSA) is 77.8 Å². The Kier molecular flexibility index (Phi) is 3.52. The van der Waals surface area contributed by atoms with Crippen molar-refractivity contribution >= 4 is 0 Å². The lowest BCUT2D eigenvalue weighted by Gasteiger charge is -2.08. The third-order valence-corrected chi connectivity index (χ3v) is 3.01. The standard InChI is InChI=1S/C15H14N4O/c16-13(11-5-2-1-3-6-11)9-14-18-15(19-20-14)12-7-4-8-17-10-12/h1-8,10,13H,9,16H2. The lowest BCUT2D eigenvalue weighted by atomic mass is 10.1. The molecule has 2 aromatic heterocycles. The van der Waals surface area contributed by atoms with Gasteiger partial charge in [-0.3, -0.25) is 4.98 Å². The fraction of sp³-hybridized carbons (Fsp3) is 0.133. The van der Waals surface area contributed by atoms with Crippen molar-refractivity contribution in [3.05, 3.63) is 66.3 Å². The van der Waals surface area contributed by atoms with Crippen LogP contribution in [-0.2, 0) is 6.42 Å². The number of aromatic nitrogens is 3. The molecule has 0 saturated carbocycles. The van der Waals surface area contributed by atoms with Gasteiger partial charge in [0.15, 0.2) is 0 Å². The molecule has 0 bridgehead atoms. The summed E-state index contributed by atoms with van der Waals surface area (Å²) in [7, 11) is 0. The van der Waals surface area contributed by atoms with E-state index in [-0.39, 0.29) is 6.04 Å². The van der Waals surface area contributed by atoms with E-state index in [1.807, 2.05) is 42.5 Å². The van der Waals surface area contributed by atoms with Gasteiger partial charge < -0.3 is 10.3 Å². The molecule has 5 heteroatoms. The summed E-state index contributed by atoms with van der Waals surface area (Å²) >= 11 is 0. The number of hydrogen-bond acceptors (Lipinski definition) is 5. The minimum Gasteiger partial charge on any atom is -0.339 e. The van der Waals surface area contributed by atoms with Crippen LogP contribution in [0.3, 0.4) is 0 Å². The molecule has 2 N–H and O–H groups in total. The maximum Gasteiger partial charge on any atom is 0.228 e. The van der Waals surface area contributed by atoms with Gasteiger partial charge in [0, 0.05) is 30.4 Å². The lowest BCUT2D eigenvalue weighted by Crippen LogP contribution is -2.13. The van der Waals surface area contributed by atoms with Gasteiger partial charge in [0.05, 0.1) is 0 Å². The molecule has 0 fully saturated rings. The van der Waals surface area contributed by atoms with Crippen molar-refractivity contribution in [2.24, 2.45) is 5.73 Å². The molecule has 0 aliphatic heterocycles. The molecule has 0 amide bonds.